The van der Waals surface area contributed by atoms with Crippen molar-refractivity contribution < 1.29 is 9.53 Å². The highest BCUT2D eigenvalue weighted by Crippen LogP contribution is 2.50. The second kappa shape index (κ2) is 5.18. The predicted octanol–water partition coefficient (Wildman–Crippen LogP) is 4.69. The fraction of sp³-hybridized carbons (Fsp3) is 0.588. The van der Waals surface area contributed by atoms with Gasteiger partial charge in [0.25, 0.3) is 0 Å². The summed E-state index contributed by atoms with van der Waals surface area (Å²) in [6, 6.07) is 2.03. The Morgan fingerprint density at radius 2 is 2.05 bits per heavy atom. The maximum atomic E-state index is 13.0. The van der Waals surface area contributed by atoms with E-state index in [1.165, 1.54) is 19.3 Å². The molecule has 2 fully saturated rings. The molecular formula is C17H21BrO2. The molecule has 0 aliphatic heterocycles. The molecule has 1 aromatic rings. The minimum Gasteiger partial charge on any atom is -0.496 e. The Bertz CT molecular complexity index is 565. The molecule has 0 radical (unpaired) electrons. The van der Waals surface area contributed by atoms with Crippen molar-refractivity contribution in [1.82, 2.24) is 0 Å². The minimum atomic E-state index is 0.218. The number of methoxy groups -OCH3 is 1. The minimum absolute atomic E-state index is 0.218. The molecule has 0 spiro atoms. The highest BCUT2D eigenvalue weighted by atomic mass is 79.9. The van der Waals surface area contributed by atoms with Crippen LogP contribution in [0.5, 0.6) is 5.75 Å². The topological polar surface area (TPSA) is 26.3 Å². The number of ether oxygens (including phenoxy) is 1. The lowest BCUT2D eigenvalue weighted by Crippen LogP contribution is -2.22. The van der Waals surface area contributed by atoms with Gasteiger partial charge < -0.3 is 4.74 Å². The second-order valence-corrected chi connectivity index (χ2v) is 7.21. The van der Waals surface area contributed by atoms with Crippen molar-refractivity contribution in [2.24, 2.45) is 17.8 Å². The Morgan fingerprint density at radius 1 is 1.30 bits per heavy atom. The molecule has 2 aliphatic rings. The van der Waals surface area contributed by atoms with Crippen LogP contribution in [0, 0.1) is 31.6 Å². The summed E-state index contributed by atoms with van der Waals surface area (Å²) in [7, 11) is 1.66. The average Bonchev–Trinajstić information content (AvgIpc) is 3.04. The number of Topliss-reactive ketones (excluding diaryl/α,β-unsaturated/α-hetero) is 1. The van der Waals surface area contributed by atoms with E-state index in [0.29, 0.717) is 11.7 Å². The summed E-state index contributed by atoms with van der Waals surface area (Å²) < 4.78 is 6.53. The third-order valence-corrected chi connectivity index (χ3v) is 6.01. The molecule has 0 amide bonds. The molecule has 2 saturated carbocycles. The number of aryl methyl sites for hydroxylation is 1. The maximum absolute atomic E-state index is 13.0. The van der Waals surface area contributed by atoms with Crippen LogP contribution < -0.4 is 4.74 Å². The zero-order chi connectivity index (χ0) is 14.4. The molecule has 2 aliphatic carbocycles. The van der Waals surface area contributed by atoms with Gasteiger partial charge in [0, 0.05) is 10.4 Å². The van der Waals surface area contributed by atoms with Gasteiger partial charge in [-0.15, -0.1) is 0 Å². The van der Waals surface area contributed by atoms with Crippen molar-refractivity contribution in [3.05, 3.63) is 27.2 Å². The van der Waals surface area contributed by atoms with Gasteiger partial charge in [-0.3, -0.25) is 4.79 Å². The van der Waals surface area contributed by atoms with Gasteiger partial charge >= 0.3 is 0 Å². The molecule has 3 heteroatoms. The normalized spacial score (nSPS) is 27.9. The first-order valence-corrected chi connectivity index (χ1v) is 8.20. The number of benzene rings is 1. The van der Waals surface area contributed by atoms with Gasteiger partial charge in [-0.2, -0.15) is 0 Å². The lowest BCUT2D eigenvalue weighted by molar-refractivity contribution is 0.0870. The van der Waals surface area contributed by atoms with Crippen LogP contribution in [0.2, 0.25) is 0 Å². The smallest absolute Gasteiger partial charge is 0.170 e. The van der Waals surface area contributed by atoms with E-state index in [2.05, 4.69) is 15.9 Å². The van der Waals surface area contributed by atoms with E-state index >= 15 is 0 Å². The van der Waals surface area contributed by atoms with E-state index in [9.17, 15) is 4.79 Å². The number of carbonyl (C=O) groups is 1. The second-order valence-electron chi connectivity index (χ2n) is 6.35. The predicted molar refractivity (Wildman–Crippen MR) is 83.4 cm³/mol. The maximum Gasteiger partial charge on any atom is 0.170 e. The van der Waals surface area contributed by atoms with Gasteiger partial charge in [-0.05, 0) is 62.1 Å². The van der Waals surface area contributed by atoms with Gasteiger partial charge in [-0.1, -0.05) is 22.4 Å². The molecule has 1 aromatic carbocycles. The van der Waals surface area contributed by atoms with Gasteiger partial charge in [0.2, 0.25) is 0 Å². The van der Waals surface area contributed by atoms with Crippen LogP contribution in [0.1, 0.15) is 47.2 Å². The van der Waals surface area contributed by atoms with Crippen LogP contribution >= 0.6 is 15.9 Å². The van der Waals surface area contributed by atoms with Crippen LogP contribution in [0.25, 0.3) is 0 Å². The third kappa shape index (κ3) is 2.11. The van der Waals surface area contributed by atoms with Crippen molar-refractivity contribution in [3.63, 3.8) is 0 Å². The van der Waals surface area contributed by atoms with E-state index in [1.807, 2.05) is 19.9 Å². The van der Waals surface area contributed by atoms with Crippen molar-refractivity contribution >= 4 is 21.7 Å². The lowest BCUT2D eigenvalue weighted by atomic mass is 9.81. The van der Waals surface area contributed by atoms with Gasteiger partial charge in [0.15, 0.2) is 5.78 Å². The SMILES string of the molecule is COc1c(C)cc(Br)c(C)c1C(=O)C1CC2CCC1C2. The van der Waals surface area contributed by atoms with Crippen molar-refractivity contribution in [2.75, 3.05) is 7.11 Å². The third-order valence-electron chi connectivity index (χ3n) is 5.19. The Hall–Kier alpha value is -0.830. The number of hydrogen-bond donors (Lipinski definition) is 0. The van der Waals surface area contributed by atoms with Crippen LogP contribution in [-0.2, 0) is 0 Å². The van der Waals surface area contributed by atoms with Gasteiger partial charge in [0.05, 0.1) is 12.7 Å². The molecule has 2 nitrogen and oxygen atoms in total. The molecule has 0 heterocycles. The van der Waals surface area contributed by atoms with E-state index in [-0.39, 0.29) is 5.92 Å². The monoisotopic (exact) mass is 336 g/mol. The first-order valence-electron chi connectivity index (χ1n) is 7.40. The van der Waals surface area contributed by atoms with E-state index in [0.717, 1.165) is 39.3 Å². The summed E-state index contributed by atoms with van der Waals surface area (Å²) in [6.07, 6.45) is 4.89. The molecule has 0 N–H and O–H groups in total. The number of halogens is 1. The van der Waals surface area contributed by atoms with Crippen LogP contribution in [0.3, 0.4) is 0 Å². The quantitative estimate of drug-likeness (QED) is 0.748. The number of ketones is 1. The molecule has 0 aromatic heterocycles. The van der Waals surface area contributed by atoms with E-state index < -0.39 is 0 Å². The summed E-state index contributed by atoms with van der Waals surface area (Å²) >= 11 is 3.57. The Morgan fingerprint density at radius 3 is 2.60 bits per heavy atom. The molecule has 3 unspecified atom stereocenters. The molecular weight excluding hydrogens is 316 g/mol. The molecule has 0 saturated heterocycles. The zero-order valence-corrected chi connectivity index (χ0v) is 13.9. The van der Waals surface area contributed by atoms with Crippen molar-refractivity contribution in [3.8, 4) is 5.75 Å². The standard InChI is InChI=1S/C17H21BrO2/c1-9-6-14(18)10(2)15(17(9)20-3)16(19)13-8-11-4-5-12(13)7-11/h6,11-13H,4-5,7-8H2,1-3H3. The number of rotatable bonds is 3. The Labute approximate surface area is 129 Å². The summed E-state index contributed by atoms with van der Waals surface area (Å²) in [4.78, 5) is 13.0. The molecule has 3 rings (SSSR count). The fourth-order valence-corrected chi connectivity index (χ4v) is 4.70. The van der Waals surface area contributed by atoms with Crippen LogP contribution in [-0.4, -0.2) is 12.9 Å². The van der Waals surface area contributed by atoms with E-state index in [1.54, 1.807) is 7.11 Å². The number of carbonyl (C=O) groups excluding carboxylic acids is 1. The fourth-order valence-electron chi connectivity index (χ4n) is 4.16. The van der Waals surface area contributed by atoms with Crippen LogP contribution in [0.4, 0.5) is 0 Å². The molecule has 2 bridgehead atoms. The zero-order valence-electron chi connectivity index (χ0n) is 12.3. The summed E-state index contributed by atoms with van der Waals surface area (Å²) in [5, 5.41) is 0. The van der Waals surface area contributed by atoms with Crippen molar-refractivity contribution in [1.29, 1.82) is 0 Å². The number of hydrogen-bond acceptors (Lipinski definition) is 2. The first-order chi connectivity index (χ1) is 9.52. The van der Waals surface area contributed by atoms with Crippen LogP contribution in [0.15, 0.2) is 10.5 Å². The van der Waals surface area contributed by atoms with Crippen molar-refractivity contribution in [2.45, 2.75) is 39.5 Å². The Kier molecular flexibility index (Phi) is 3.65. The highest BCUT2D eigenvalue weighted by molar-refractivity contribution is 9.10. The summed E-state index contributed by atoms with van der Waals surface area (Å²) in [5.41, 5.74) is 2.84. The Balaban J connectivity index is 2.03. The summed E-state index contributed by atoms with van der Waals surface area (Å²) in [6.45, 7) is 4.01. The highest BCUT2D eigenvalue weighted by Gasteiger charge is 2.44. The molecule has 108 valence electrons. The van der Waals surface area contributed by atoms with Gasteiger partial charge in [-0.25, -0.2) is 0 Å². The number of fused-ring (bicyclic) bond motifs is 2. The molecule has 20 heavy (non-hydrogen) atoms. The lowest BCUT2D eigenvalue weighted by Gasteiger charge is -2.23. The largest absolute Gasteiger partial charge is 0.496 e. The van der Waals surface area contributed by atoms with Gasteiger partial charge in [0.1, 0.15) is 5.75 Å². The van der Waals surface area contributed by atoms with E-state index in [4.69, 9.17) is 4.74 Å². The molecule has 3 atom stereocenters. The first kappa shape index (κ1) is 14.1. The summed E-state index contributed by atoms with van der Waals surface area (Å²) in [5.74, 6) is 2.67. The average molecular weight is 337 g/mol.